The first-order valence-electron chi connectivity index (χ1n) is 9.92. The Morgan fingerprint density at radius 3 is 2.69 bits per heavy atom. The van der Waals surface area contributed by atoms with E-state index in [0.717, 1.165) is 17.0 Å². The lowest BCUT2D eigenvalue weighted by Gasteiger charge is -2.36. The Morgan fingerprint density at radius 2 is 2.00 bits per heavy atom. The van der Waals surface area contributed by atoms with E-state index in [1.165, 1.54) is 18.9 Å². The summed E-state index contributed by atoms with van der Waals surface area (Å²) in [6, 6.07) is 12.4. The number of aromatic nitrogens is 1. The first-order valence-corrected chi connectivity index (χ1v) is 11.2. The molecule has 2 aromatic rings. The van der Waals surface area contributed by atoms with Gasteiger partial charge < -0.3 is 15.0 Å². The Kier molecular flexibility index (Phi) is 6.62. The van der Waals surface area contributed by atoms with Crippen LogP contribution in [0.1, 0.15) is 30.6 Å². The van der Waals surface area contributed by atoms with Crippen LogP contribution >= 0.6 is 23.4 Å². The number of benzene rings is 1. The number of nitrogens with zero attached hydrogens (tertiary/aromatic N) is 3. The number of thioether (sulfide) groups is 1. The number of amidine groups is 1. The number of fused-ring (bicyclic) bond motifs is 1. The molecule has 1 aromatic heterocycles. The van der Waals surface area contributed by atoms with Gasteiger partial charge in [-0.3, -0.25) is 9.78 Å². The molecule has 0 spiro atoms. The number of hydrogen-bond acceptors (Lipinski definition) is 7. The first-order chi connectivity index (χ1) is 15.5. The van der Waals surface area contributed by atoms with E-state index in [-0.39, 0.29) is 12.3 Å². The maximum Gasteiger partial charge on any atom is 0.338 e. The number of methoxy groups -OCH3 is 1. The summed E-state index contributed by atoms with van der Waals surface area (Å²) in [5.41, 5.74) is 3.40. The number of aliphatic imine (C=N–C) groups is 1. The molecule has 2 aliphatic heterocycles. The Morgan fingerprint density at radius 1 is 1.22 bits per heavy atom. The molecule has 9 heteroatoms. The van der Waals surface area contributed by atoms with Crippen molar-refractivity contribution in [1.29, 1.82) is 0 Å². The lowest BCUT2D eigenvalue weighted by atomic mass is 9.94. The summed E-state index contributed by atoms with van der Waals surface area (Å²) in [5, 5.41) is 6.10. The molecule has 1 atom stereocenters. The highest BCUT2D eigenvalue weighted by molar-refractivity contribution is 8.16. The summed E-state index contributed by atoms with van der Waals surface area (Å²) in [6.07, 6.45) is 1.82. The van der Waals surface area contributed by atoms with E-state index in [1.54, 1.807) is 25.3 Å². The number of rotatable bonds is 6. The largest absolute Gasteiger partial charge is 0.466 e. The molecule has 0 radical (unpaired) electrons. The summed E-state index contributed by atoms with van der Waals surface area (Å²) >= 11 is 7.51. The molecule has 4 rings (SSSR count). The molecule has 7 nitrogen and oxygen atoms in total. The van der Waals surface area contributed by atoms with Crippen LogP contribution < -0.4 is 5.32 Å². The zero-order chi connectivity index (χ0) is 22.7. The summed E-state index contributed by atoms with van der Waals surface area (Å²) < 4.78 is 5.06. The number of hydrogen-bond donors (Lipinski definition) is 1. The van der Waals surface area contributed by atoms with Crippen molar-refractivity contribution in [3.05, 3.63) is 87.3 Å². The molecule has 0 saturated heterocycles. The van der Waals surface area contributed by atoms with E-state index in [2.05, 4.69) is 15.3 Å². The number of allylic oxidation sites excluding steroid dienone is 1. The van der Waals surface area contributed by atoms with Crippen LogP contribution in [-0.2, 0) is 20.9 Å². The van der Waals surface area contributed by atoms with Gasteiger partial charge in [0.15, 0.2) is 5.17 Å². The van der Waals surface area contributed by atoms with Crippen molar-refractivity contribution in [3.8, 4) is 0 Å². The highest BCUT2D eigenvalue weighted by Gasteiger charge is 2.40. The molecule has 164 valence electrons. The van der Waals surface area contributed by atoms with Gasteiger partial charge in [0.1, 0.15) is 0 Å². The first kappa shape index (κ1) is 22.1. The third-order valence-corrected chi connectivity index (χ3v) is 6.27. The topological polar surface area (TPSA) is 83.9 Å². The third kappa shape index (κ3) is 4.56. The fourth-order valence-corrected chi connectivity index (χ4v) is 4.71. The van der Waals surface area contributed by atoms with E-state index >= 15 is 0 Å². The van der Waals surface area contributed by atoms with Crippen LogP contribution in [0.25, 0.3) is 0 Å². The average molecular weight is 469 g/mol. The molecule has 3 heterocycles. The van der Waals surface area contributed by atoms with E-state index in [4.69, 9.17) is 16.3 Å². The third-order valence-electron chi connectivity index (χ3n) is 5.13. The number of carbonyl (C=O) groups is 2. The van der Waals surface area contributed by atoms with Crippen LogP contribution in [0.15, 0.2) is 76.0 Å². The maximum atomic E-state index is 12.7. The number of halogens is 1. The molecule has 0 saturated carbocycles. The van der Waals surface area contributed by atoms with Gasteiger partial charge in [0, 0.05) is 16.9 Å². The van der Waals surface area contributed by atoms with Crippen LogP contribution in [0.3, 0.4) is 0 Å². The fourth-order valence-electron chi connectivity index (χ4n) is 3.62. The van der Waals surface area contributed by atoms with Crippen molar-refractivity contribution >= 4 is 40.4 Å². The molecule has 0 aliphatic carbocycles. The van der Waals surface area contributed by atoms with Crippen molar-refractivity contribution in [2.45, 2.75) is 25.9 Å². The standard InChI is InChI=1S/C23H21ClN4O3S/c1-14-20(22(30)31-2)21(15-6-8-16(24)9-7-15)28-18(13-32-23(28)27-14)11-19(29)26-12-17-5-3-4-10-25-17/h3-10,13,21H,11-12H2,1-2H3,(H,26,29)/t21-/m1/s1. The van der Waals surface area contributed by atoms with Crippen LogP contribution in [-0.4, -0.2) is 34.0 Å². The number of nitrogens with one attached hydrogen (secondary N) is 1. The minimum absolute atomic E-state index is 0.135. The summed E-state index contributed by atoms with van der Waals surface area (Å²) in [7, 11) is 1.35. The van der Waals surface area contributed by atoms with Gasteiger partial charge in [-0.1, -0.05) is 41.6 Å². The minimum atomic E-state index is -0.475. The monoisotopic (exact) mass is 468 g/mol. The van der Waals surface area contributed by atoms with Crippen molar-refractivity contribution in [3.63, 3.8) is 0 Å². The van der Waals surface area contributed by atoms with Crippen LogP contribution in [0.2, 0.25) is 5.02 Å². The highest BCUT2D eigenvalue weighted by atomic mass is 35.5. The van der Waals surface area contributed by atoms with Crippen molar-refractivity contribution in [1.82, 2.24) is 15.2 Å². The van der Waals surface area contributed by atoms with Gasteiger partial charge in [0.25, 0.3) is 0 Å². The SMILES string of the molecule is COC(=O)C1=C(C)N=C2SC=C(CC(=O)NCc3ccccn3)N2[C@@H]1c1ccc(Cl)cc1. The molecular weight excluding hydrogens is 448 g/mol. The molecule has 0 unspecified atom stereocenters. The van der Waals surface area contributed by atoms with Gasteiger partial charge in [-0.15, -0.1) is 0 Å². The molecule has 2 aliphatic rings. The van der Waals surface area contributed by atoms with Gasteiger partial charge in [0.2, 0.25) is 5.91 Å². The molecule has 32 heavy (non-hydrogen) atoms. The van der Waals surface area contributed by atoms with Crippen LogP contribution in [0.4, 0.5) is 0 Å². The molecule has 1 aromatic carbocycles. The lowest BCUT2D eigenvalue weighted by Crippen LogP contribution is -2.37. The second-order valence-electron chi connectivity index (χ2n) is 7.21. The number of ether oxygens (including phenoxy) is 1. The molecule has 0 fully saturated rings. The number of esters is 1. The van der Waals surface area contributed by atoms with Crippen molar-refractivity contribution < 1.29 is 14.3 Å². The van der Waals surface area contributed by atoms with Crippen LogP contribution in [0, 0.1) is 0 Å². The molecule has 0 bridgehead atoms. The Hall–Kier alpha value is -3.10. The average Bonchev–Trinajstić information content (AvgIpc) is 3.19. The minimum Gasteiger partial charge on any atom is -0.466 e. The van der Waals surface area contributed by atoms with Gasteiger partial charge in [-0.05, 0) is 42.2 Å². The summed E-state index contributed by atoms with van der Waals surface area (Å²) in [6.45, 7) is 2.13. The van der Waals surface area contributed by atoms with Gasteiger partial charge in [0.05, 0.1) is 43.1 Å². The zero-order valence-corrected chi connectivity index (χ0v) is 19.1. The predicted octanol–water partition coefficient (Wildman–Crippen LogP) is 4.19. The molecule has 1 N–H and O–H groups in total. The lowest BCUT2D eigenvalue weighted by molar-refractivity contribution is -0.136. The van der Waals surface area contributed by atoms with Crippen molar-refractivity contribution in [2.75, 3.05) is 7.11 Å². The second kappa shape index (κ2) is 9.58. The Bertz CT molecular complexity index is 1130. The summed E-state index contributed by atoms with van der Waals surface area (Å²) in [5.74, 6) is -0.606. The van der Waals surface area contributed by atoms with Crippen LogP contribution in [0.5, 0.6) is 0 Å². The Labute approximate surface area is 195 Å². The maximum absolute atomic E-state index is 12.7. The number of carbonyl (C=O) groups excluding carboxylic acids is 2. The zero-order valence-electron chi connectivity index (χ0n) is 17.5. The highest BCUT2D eigenvalue weighted by Crippen LogP contribution is 2.44. The molecule has 1 amide bonds. The smallest absolute Gasteiger partial charge is 0.338 e. The quantitative estimate of drug-likeness (QED) is 0.640. The van der Waals surface area contributed by atoms with Gasteiger partial charge in [-0.2, -0.15) is 0 Å². The van der Waals surface area contributed by atoms with E-state index < -0.39 is 12.0 Å². The number of pyridine rings is 1. The summed E-state index contributed by atoms with van der Waals surface area (Å²) in [4.78, 5) is 36.1. The van der Waals surface area contributed by atoms with E-state index in [9.17, 15) is 9.59 Å². The molecular formula is C23H21ClN4O3S. The number of amides is 1. The van der Waals surface area contributed by atoms with Gasteiger partial charge in [-0.25, -0.2) is 9.79 Å². The van der Waals surface area contributed by atoms with Crippen molar-refractivity contribution in [2.24, 2.45) is 4.99 Å². The Balaban J connectivity index is 1.60. The normalized spacial score (nSPS) is 17.5. The van der Waals surface area contributed by atoms with E-state index in [1.807, 2.05) is 40.6 Å². The fraction of sp³-hybridized carbons (Fsp3) is 0.217. The van der Waals surface area contributed by atoms with E-state index in [0.29, 0.717) is 28.0 Å². The predicted molar refractivity (Wildman–Crippen MR) is 125 cm³/mol. The van der Waals surface area contributed by atoms with Gasteiger partial charge >= 0.3 is 5.97 Å². The second-order valence-corrected chi connectivity index (χ2v) is 8.48.